The van der Waals surface area contributed by atoms with E-state index in [0.717, 1.165) is 18.4 Å². The molecule has 0 aliphatic heterocycles. The summed E-state index contributed by atoms with van der Waals surface area (Å²) in [6, 6.07) is 5.58. The van der Waals surface area contributed by atoms with Crippen molar-refractivity contribution in [2.45, 2.75) is 39.1 Å². The molecule has 0 radical (unpaired) electrons. The molecule has 102 valence electrons. The number of halogens is 3. The normalized spacial score (nSPS) is 13.7. The quantitative estimate of drug-likeness (QED) is 0.868. The number of nitrogens with two attached hydrogens (primary N) is 1. The molecule has 0 aromatic heterocycles. The molecule has 0 fully saturated rings. The SMILES string of the molecule is CC(C)CCC(N)c1ccc(OC(F)(F)F)cc1. The highest BCUT2D eigenvalue weighted by atomic mass is 19.4. The van der Waals surface area contributed by atoms with E-state index in [-0.39, 0.29) is 11.8 Å². The van der Waals surface area contributed by atoms with Crippen LogP contribution in [0.4, 0.5) is 13.2 Å². The average molecular weight is 261 g/mol. The second-order valence-electron chi connectivity index (χ2n) is 4.69. The van der Waals surface area contributed by atoms with Crippen LogP contribution in [0.5, 0.6) is 5.75 Å². The molecule has 1 atom stereocenters. The number of hydrogen-bond acceptors (Lipinski definition) is 2. The van der Waals surface area contributed by atoms with Crippen molar-refractivity contribution < 1.29 is 17.9 Å². The lowest BCUT2D eigenvalue weighted by atomic mass is 9.98. The van der Waals surface area contributed by atoms with E-state index in [1.807, 2.05) is 0 Å². The number of alkyl halides is 3. The summed E-state index contributed by atoms with van der Waals surface area (Å²) in [5.74, 6) is 0.339. The molecule has 2 nitrogen and oxygen atoms in total. The van der Waals surface area contributed by atoms with Gasteiger partial charge in [0.1, 0.15) is 5.75 Å². The predicted molar refractivity (Wildman–Crippen MR) is 64.1 cm³/mol. The van der Waals surface area contributed by atoms with E-state index in [1.54, 1.807) is 12.1 Å². The van der Waals surface area contributed by atoms with Gasteiger partial charge in [0.15, 0.2) is 0 Å². The molecular weight excluding hydrogens is 243 g/mol. The zero-order chi connectivity index (χ0) is 13.8. The Bertz CT molecular complexity index is 359. The van der Waals surface area contributed by atoms with E-state index >= 15 is 0 Å². The Labute approximate surface area is 105 Å². The van der Waals surface area contributed by atoms with Crippen molar-refractivity contribution in [3.63, 3.8) is 0 Å². The molecule has 1 rings (SSSR count). The van der Waals surface area contributed by atoms with Gasteiger partial charge in [-0.15, -0.1) is 13.2 Å². The Morgan fingerprint density at radius 3 is 2.11 bits per heavy atom. The molecule has 0 amide bonds. The Balaban J connectivity index is 2.59. The number of ether oxygens (including phenoxy) is 1. The molecule has 1 unspecified atom stereocenters. The maximum Gasteiger partial charge on any atom is 0.573 e. The summed E-state index contributed by atoms with van der Waals surface area (Å²) in [4.78, 5) is 0. The molecule has 1 aromatic rings. The molecule has 0 saturated carbocycles. The zero-order valence-corrected chi connectivity index (χ0v) is 10.5. The first kappa shape index (κ1) is 14.8. The fourth-order valence-electron chi connectivity index (χ4n) is 1.60. The van der Waals surface area contributed by atoms with Gasteiger partial charge in [0.2, 0.25) is 0 Å². The fraction of sp³-hybridized carbons (Fsp3) is 0.538. The lowest BCUT2D eigenvalue weighted by Crippen LogP contribution is -2.17. The van der Waals surface area contributed by atoms with E-state index < -0.39 is 6.36 Å². The molecule has 0 aliphatic rings. The topological polar surface area (TPSA) is 35.2 Å². The van der Waals surface area contributed by atoms with E-state index in [2.05, 4.69) is 18.6 Å². The van der Waals surface area contributed by atoms with Crippen LogP contribution in [0.1, 0.15) is 38.3 Å². The summed E-state index contributed by atoms with van der Waals surface area (Å²) in [6.07, 6.45) is -2.85. The van der Waals surface area contributed by atoms with Crippen LogP contribution < -0.4 is 10.5 Å². The first-order valence-electron chi connectivity index (χ1n) is 5.89. The third-order valence-electron chi connectivity index (χ3n) is 2.60. The first-order chi connectivity index (χ1) is 8.28. The van der Waals surface area contributed by atoms with Crippen molar-refractivity contribution in [3.05, 3.63) is 29.8 Å². The lowest BCUT2D eigenvalue weighted by Gasteiger charge is -2.14. The number of hydrogen-bond donors (Lipinski definition) is 1. The van der Waals surface area contributed by atoms with Crippen molar-refractivity contribution in [3.8, 4) is 5.75 Å². The van der Waals surface area contributed by atoms with Crippen molar-refractivity contribution in [1.29, 1.82) is 0 Å². The van der Waals surface area contributed by atoms with E-state index in [4.69, 9.17) is 5.73 Å². The van der Waals surface area contributed by atoms with Gasteiger partial charge in [0, 0.05) is 6.04 Å². The summed E-state index contributed by atoms with van der Waals surface area (Å²) in [6.45, 7) is 4.21. The summed E-state index contributed by atoms with van der Waals surface area (Å²) >= 11 is 0. The first-order valence-corrected chi connectivity index (χ1v) is 5.89. The Morgan fingerprint density at radius 2 is 1.67 bits per heavy atom. The summed E-state index contributed by atoms with van der Waals surface area (Å²) in [5.41, 5.74) is 6.78. The van der Waals surface area contributed by atoms with Crippen LogP contribution in [0.2, 0.25) is 0 Å². The van der Waals surface area contributed by atoms with Gasteiger partial charge in [-0.05, 0) is 36.5 Å². The van der Waals surface area contributed by atoms with Crippen LogP contribution in [0.25, 0.3) is 0 Å². The van der Waals surface area contributed by atoms with Crippen LogP contribution in [0, 0.1) is 5.92 Å². The van der Waals surface area contributed by atoms with Crippen LogP contribution in [-0.4, -0.2) is 6.36 Å². The fourth-order valence-corrected chi connectivity index (χ4v) is 1.60. The molecule has 1 aromatic carbocycles. The largest absolute Gasteiger partial charge is 0.573 e. The molecule has 5 heteroatoms. The van der Waals surface area contributed by atoms with Crippen LogP contribution >= 0.6 is 0 Å². The molecular formula is C13H18F3NO. The van der Waals surface area contributed by atoms with Crippen molar-refractivity contribution >= 4 is 0 Å². The molecule has 18 heavy (non-hydrogen) atoms. The van der Waals surface area contributed by atoms with Crippen LogP contribution in [0.15, 0.2) is 24.3 Å². The van der Waals surface area contributed by atoms with Crippen molar-refractivity contribution in [2.24, 2.45) is 11.7 Å². The van der Waals surface area contributed by atoms with Crippen molar-refractivity contribution in [1.82, 2.24) is 0 Å². The molecule has 0 heterocycles. The van der Waals surface area contributed by atoms with Gasteiger partial charge in [-0.2, -0.15) is 0 Å². The number of benzene rings is 1. The minimum atomic E-state index is -4.65. The van der Waals surface area contributed by atoms with Gasteiger partial charge >= 0.3 is 6.36 Å². The Hall–Kier alpha value is -1.23. The number of rotatable bonds is 5. The maximum absolute atomic E-state index is 12.0. The van der Waals surface area contributed by atoms with Gasteiger partial charge in [-0.25, -0.2) is 0 Å². The summed E-state index contributed by atoms with van der Waals surface area (Å²) < 4.78 is 39.7. The molecule has 0 spiro atoms. The third kappa shape index (κ3) is 5.40. The highest BCUT2D eigenvalue weighted by Gasteiger charge is 2.30. The van der Waals surface area contributed by atoms with E-state index in [9.17, 15) is 13.2 Å². The second-order valence-corrected chi connectivity index (χ2v) is 4.69. The molecule has 2 N–H and O–H groups in total. The van der Waals surface area contributed by atoms with Crippen molar-refractivity contribution in [2.75, 3.05) is 0 Å². The van der Waals surface area contributed by atoms with Gasteiger partial charge in [-0.3, -0.25) is 0 Å². The minimum Gasteiger partial charge on any atom is -0.406 e. The molecule has 0 bridgehead atoms. The summed E-state index contributed by atoms with van der Waals surface area (Å²) in [7, 11) is 0. The Kier molecular flexibility index (Phi) is 5.02. The van der Waals surface area contributed by atoms with Gasteiger partial charge in [-0.1, -0.05) is 26.0 Å². The highest BCUT2D eigenvalue weighted by molar-refractivity contribution is 5.29. The third-order valence-corrected chi connectivity index (χ3v) is 2.60. The predicted octanol–water partition coefficient (Wildman–Crippen LogP) is 4.02. The zero-order valence-electron chi connectivity index (χ0n) is 10.5. The second kappa shape index (κ2) is 6.09. The maximum atomic E-state index is 12.0. The summed E-state index contributed by atoms with van der Waals surface area (Å²) in [5, 5.41) is 0. The Morgan fingerprint density at radius 1 is 1.11 bits per heavy atom. The molecule has 0 saturated heterocycles. The smallest absolute Gasteiger partial charge is 0.406 e. The van der Waals surface area contributed by atoms with E-state index in [1.165, 1.54) is 12.1 Å². The lowest BCUT2D eigenvalue weighted by molar-refractivity contribution is -0.274. The van der Waals surface area contributed by atoms with E-state index in [0.29, 0.717) is 5.92 Å². The monoisotopic (exact) mass is 261 g/mol. The van der Waals surface area contributed by atoms with Crippen LogP contribution in [-0.2, 0) is 0 Å². The standard InChI is InChI=1S/C13H18F3NO/c1-9(2)3-8-12(17)10-4-6-11(7-5-10)18-13(14,15)16/h4-7,9,12H,3,8,17H2,1-2H3. The molecule has 0 aliphatic carbocycles. The van der Waals surface area contributed by atoms with Crippen LogP contribution in [0.3, 0.4) is 0 Å². The minimum absolute atomic E-state index is 0.146. The van der Waals surface area contributed by atoms with Gasteiger partial charge in [0.25, 0.3) is 0 Å². The highest BCUT2D eigenvalue weighted by Crippen LogP contribution is 2.25. The van der Waals surface area contributed by atoms with Gasteiger partial charge in [0.05, 0.1) is 0 Å². The average Bonchev–Trinajstić information content (AvgIpc) is 2.24. The van der Waals surface area contributed by atoms with Gasteiger partial charge < -0.3 is 10.5 Å².